The van der Waals surface area contributed by atoms with Crippen molar-refractivity contribution in [2.45, 2.75) is 66.0 Å². The minimum Gasteiger partial charge on any atom is -0.331 e. The third kappa shape index (κ3) is 5.62. The van der Waals surface area contributed by atoms with Crippen molar-refractivity contribution in [3.05, 3.63) is 138 Å². The van der Waals surface area contributed by atoms with Crippen molar-refractivity contribution in [1.29, 1.82) is 0 Å². The fraction of sp³-hybridized carbons (Fsp3) is 0.262. The topological polar surface area (TPSA) is 7.12 Å². The molecule has 2 unspecified atom stereocenters. The van der Waals surface area contributed by atoms with Crippen molar-refractivity contribution in [2.24, 2.45) is 5.92 Å². The maximum absolute atomic E-state index is 2.60. The van der Waals surface area contributed by atoms with Gasteiger partial charge < -0.3 is 4.90 Å². The molecule has 0 spiro atoms. The van der Waals surface area contributed by atoms with Crippen molar-refractivity contribution < 1.29 is 4.57 Å². The molecule has 0 radical (unpaired) electrons. The van der Waals surface area contributed by atoms with Gasteiger partial charge in [0.15, 0.2) is 12.4 Å². The lowest BCUT2D eigenvalue weighted by atomic mass is 9.95. The van der Waals surface area contributed by atoms with E-state index in [0.717, 1.165) is 13.0 Å². The van der Waals surface area contributed by atoms with Gasteiger partial charge in [0.2, 0.25) is 0 Å². The molecule has 5 aromatic rings. The quantitative estimate of drug-likeness (QED) is 0.131. The third-order valence-corrected chi connectivity index (χ3v) is 9.22. The first kappa shape index (κ1) is 29.6. The van der Waals surface area contributed by atoms with Gasteiger partial charge in [-0.2, -0.15) is 0 Å². The van der Waals surface area contributed by atoms with Crippen molar-refractivity contribution in [3.63, 3.8) is 0 Å². The van der Waals surface area contributed by atoms with Crippen LogP contribution in [0.3, 0.4) is 0 Å². The monoisotopic (exact) mass is 577 g/mol. The zero-order valence-electron chi connectivity index (χ0n) is 26.9. The van der Waals surface area contributed by atoms with Crippen molar-refractivity contribution in [1.82, 2.24) is 0 Å². The van der Waals surface area contributed by atoms with E-state index in [-0.39, 0.29) is 5.54 Å². The van der Waals surface area contributed by atoms with Gasteiger partial charge in [0.1, 0.15) is 6.54 Å². The van der Waals surface area contributed by atoms with Crippen LogP contribution in [0.4, 0.5) is 11.4 Å². The number of unbranched alkanes of at least 4 members (excludes halogenated alkanes) is 1. The van der Waals surface area contributed by atoms with Crippen LogP contribution in [-0.2, 0) is 6.54 Å². The Hall–Kier alpha value is -4.43. The Balaban J connectivity index is 0.00000168. The lowest BCUT2D eigenvalue weighted by molar-refractivity contribution is -0.697. The Morgan fingerprint density at radius 3 is 2.36 bits per heavy atom. The lowest BCUT2D eigenvalue weighted by Crippen LogP contribution is -2.34. The van der Waals surface area contributed by atoms with Crippen LogP contribution in [0.25, 0.3) is 33.7 Å². The summed E-state index contributed by atoms with van der Waals surface area (Å²) in [5.41, 5.74) is 7.76. The Kier molecular flexibility index (Phi) is 8.53. The number of hydrogen-bond donors (Lipinski definition) is 0. The highest BCUT2D eigenvalue weighted by Gasteiger charge is 2.58. The summed E-state index contributed by atoms with van der Waals surface area (Å²) in [5.74, 6) is 0.557. The summed E-state index contributed by atoms with van der Waals surface area (Å²) >= 11 is 0. The van der Waals surface area contributed by atoms with Crippen LogP contribution in [0.1, 0.15) is 63.6 Å². The summed E-state index contributed by atoms with van der Waals surface area (Å²) < 4.78 is 2.27. The Morgan fingerprint density at radius 1 is 0.818 bits per heavy atom. The van der Waals surface area contributed by atoms with Gasteiger partial charge in [-0.15, -0.1) is 0 Å². The smallest absolute Gasteiger partial charge is 0.169 e. The SMILES string of the molecule is CC.CCCC[n+]1ccc(/C=C/c2cc3ccc(N(c4cccc(C)c4)C45C=CC=C(C)C4C5)cc3c3ccccc23)cc1. The molecule has 0 N–H and O–H groups in total. The van der Waals surface area contributed by atoms with Crippen LogP contribution < -0.4 is 9.47 Å². The first-order valence-electron chi connectivity index (χ1n) is 16.4. The standard InChI is InChI=1S/C40H39N2.C2H6/c1-4-5-22-41-23-19-31(20-24-41)15-16-32-26-33-17-18-35(27-38(33)37-14-7-6-13-36(32)37)42(34-12-8-10-29(2)25-34)40-21-9-11-30(3)39(40)28-40;1-2/h6-21,23-27,39H,4-5,22,28H2,1-3H3;1-2H3/q+1;. The van der Waals surface area contributed by atoms with Crippen molar-refractivity contribution >= 4 is 45.1 Å². The molecule has 1 fully saturated rings. The van der Waals surface area contributed by atoms with Crippen LogP contribution in [-0.4, -0.2) is 5.54 Å². The van der Waals surface area contributed by atoms with Crippen LogP contribution in [0.5, 0.6) is 0 Å². The van der Waals surface area contributed by atoms with Gasteiger partial charge in [-0.3, -0.25) is 0 Å². The maximum atomic E-state index is 2.60. The number of anilines is 2. The molecule has 1 heterocycles. The number of aryl methyl sites for hydroxylation is 2. The molecule has 44 heavy (non-hydrogen) atoms. The van der Waals surface area contributed by atoms with E-state index >= 15 is 0 Å². The second kappa shape index (κ2) is 12.7. The van der Waals surface area contributed by atoms with Crippen molar-refractivity contribution in [2.75, 3.05) is 4.90 Å². The van der Waals surface area contributed by atoms with E-state index in [0.29, 0.717) is 5.92 Å². The molecule has 7 rings (SSSR count). The van der Waals surface area contributed by atoms with E-state index in [4.69, 9.17) is 0 Å². The summed E-state index contributed by atoms with van der Waals surface area (Å²) in [6, 6.07) is 31.7. The molecule has 4 aromatic carbocycles. The van der Waals surface area contributed by atoms with Crippen LogP contribution in [0.2, 0.25) is 0 Å². The highest BCUT2D eigenvalue weighted by molar-refractivity contribution is 6.12. The van der Waals surface area contributed by atoms with Gasteiger partial charge in [-0.1, -0.05) is 106 Å². The number of pyridine rings is 1. The summed E-state index contributed by atoms with van der Waals surface area (Å²) in [7, 11) is 0. The highest BCUT2D eigenvalue weighted by Crippen LogP contribution is 2.59. The number of benzene rings is 4. The Labute approximate surface area is 263 Å². The molecular formula is C42H45N2+. The first-order chi connectivity index (χ1) is 21.6. The molecule has 1 aromatic heterocycles. The highest BCUT2D eigenvalue weighted by atomic mass is 15.2. The fourth-order valence-corrected chi connectivity index (χ4v) is 6.86. The van der Waals surface area contributed by atoms with E-state index in [1.54, 1.807) is 0 Å². The Morgan fingerprint density at radius 2 is 1.59 bits per heavy atom. The van der Waals surface area contributed by atoms with Crippen LogP contribution in [0, 0.1) is 12.8 Å². The number of fused-ring (bicyclic) bond motifs is 4. The summed E-state index contributed by atoms with van der Waals surface area (Å²) in [4.78, 5) is 2.60. The Bertz CT molecular complexity index is 1870. The summed E-state index contributed by atoms with van der Waals surface area (Å²) in [5, 5.41) is 5.15. The van der Waals surface area contributed by atoms with Crippen LogP contribution in [0.15, 0.2) is 121 Å². The molecule has 1 saturated carbocycles. The molecule has 0 amide bonds. The molecule has 222 valence electrons. The number of aromatic nitrogens is 1. The average Bonchev–Trinajstić information content (AvgIpc) is 3.81. The molecule has 0 aliphatic heterocycles. The van der Waals surface area contributed by atoms with E-state index < -0.39 is 0 Å². The third-order valence-electron chi connectivity index (χ3n) is 9.22. The minimum absolute atomic E-state index is 0.00313. The lowest BCUT2D eigenvalue weighted by Gasteiger charge is -2.35. The van der Waals surface area contributed by atoms with E-state index in [2.05, 4.69) is 158 Å². The van der Waals surface area contributed by atoms with E-state index in [9.17, 15) is 0 Å². The normalized spacial score (nSPS) is 18.6. The zero-order valence-corrected chi connectivity index (χ0v) is 26.9. The predicted octanol–water partition coefficient (Wildman–Crippen LogP) is 11.0. The zero-order chi connectivity index (χ0) is 30.7. The second-order valence-corrected chi connectivity index (χ2v) is 12.2. The summed E-state index contributed by atoms with van der Waals surface area (Å²) in [6.45, 7) is 11.8. The van der Waals surface area contributed by atoms with Gasteiger partial charge in [0.25, 0.3) is 0 Å². The van der Waals surface area contributed by atoms with Gasteiger partial charge in [0, 0.05) is 35.8 Å². The second-order valence-electron chi connectivity index (χ2n) is 12.2. The minimum atomic E-state index is 0.00313. The molecule has 2 aliphatic rings. The predicted molar refractivity (Wildman–Crippen MR) is 190 cm³/mol. The first-order valence-corrected chi connectivity index (χ1v) is 16.4. The number of allylic oxidation sites excluding steroid dienone is 2. The van der Waals surface area contributed by atoms with Gasteiger partial charge in [-0.05, 0) is 88.8 Å². The molecular weight excluding hydrogens is 532 g/mol. The van der Waals surface area contributed by atoms with Gasteiger partial charge in [-0.25, -0.2) is 4.57 Å². The van der Waals surface area contributed by atoms with Crippen LogP contribution >= 0.6 is 0 Å². The van der Waals surface area contributed by atoms with Gasteiger partial charge in [0.05, 0.1) is 5.54 Å². The average molecular weight is 578 g/mol. The number of rotatable bonds is 8. The number of nitrogens with zero attached hydrogens (tertiary/aromatic N) is 2. The molecule has 2 nitrogen and oxygen atoms in total. The molecule has 2 atom stereocenters. The van der Waals surface area contributed by atoms with Gasteiger partial charge >= 0.3 is 0 Å². The maximum Gasteiger partial charge on any atom is 0.169 e. The largest absolute Gasteiger partial charge is 0.331 e. The summed E-state index contributed by atoms with van der Waals surface area (Å²) in [6.07, 6.45) is 19.4. The molecule has 2 aliphatic carbocycles. The van der Waals surface area contributed by atoms with E-state index in [1.807, 2.05) is 13.8 Å². The number of hydrogen-bond acceptors (Lipinski definition) is 1. The fourth-order valence-electron chi connectivity index (χ4n) is 6.86. The van der Waals surface area contributed by atoms with E-state index in [1.165, 1.54) is 68.0 Å². The molecule has 0 bridgehead atoms. The molecule has 2 heteroatoms. The van der Waals surface area contributed by atoms with Crippen molar-refractivity contribution in [3.8, 4) is 0 Å². The molecule has 0 saturated heterocycles.